The zero-order valence-corrected chi connectivity index (χ0v) is 8.19. The van der Waals surface area contributed by atoms with Gasteiger partial charge in [-0.25, -0.2) is 0 Å². The molecule has 0 atom stereocenters. The highest BCUT2D eigenvalue weighted by molar-refractivity contribution is 5.79. The Bertz CT molecular complexity index is 182. The van der Waals surface area contributed by atoms with E-state index in [1.807, 2.05) is 0 Å². The Morgan fingerprint density at radius 3 is 1.43 bits per heavy atom. The molecule has 0 saturated heterocycles. The molecule has 0 radical (unpaired) electrons. The summed E-state index contributed by atoms with van der Waals surface area (Å²) in [6.45, 7) is 0. The van der Waals surface area contributed by atoms with Crippen molar-refractivity contribution >= 4 is 11.7 Å². The normalized spacial score (nSPS) is 13.1. The molecule has 0 amide bonds. The summed E-state index contributed by atoms with van der Waals surface area (Å²) >= 11 is 0. The SMILES string of the molecule is N/C(CCCCCC/C(N)=N\O)=N\O. The summed E-state index contributed by atoms with van der Waals surface area (Å²) in [5.74, 6) is 0.530. The van der Waals surface area contributed by atoms with Gasteiger partial charge in [-0.2, -0.15) is 0 Å². The first-order chi connectivity index (χ1) is 6.70. The van der Waals surface area contributed by atoms with Gasteiger partial charge < -0.3 is 21.9 Å². The molecular weight excluding hydrogens is 184 g/mol. The second kappa shape index (κ2) is 8.15. The average molecular weight is 202 g/mol. The van der Waals surface area contributed by atoms with E-state index in [-0.39, 0.29) is 11.7 Å². The Kier molecular flexibility index (Phi) is 7.30. The Morgan fingerprint density at radius 1 is 0.786 bits per heavy atom. The Labute approximate surface area is 83.3 Å². The molecule has 0 fully saturated rings. The summed E-state index contributed by atoms with van der Waals surface area (Å²) < 4.78 is 0. The Morgan fingerprint density at radius 2 is 1.14 bits per heavy atom. The molecule has 0 aromatic rings. The van der Waals surface area contributed by atoms with Crippen LogP contribution in [-0.4, -0.2) is 22.1 Å². The lowest BCUT2D eigenvalue weighted by molar-refractivity contribution is 0.316. The first-order valence-corrected chi connectivity index (χ1v) is 4.63. The van der Waals surface area contributed by atoms with Gasteiger partial charge in [0.05, 0.1) is 0 Å². The summed E-state index contributed by atoms with van der Waals surface area (Å²) in [7, 11) is 0. The number of hydrogen-bond donors (Lipinski definition) is 4. The van der Waals surface area contributed by atoms with Gasteiger partial charge in [-0.1, -0.05) is 23.2 Å². The minimum atomic E-state index is 0.265. The fraction of sp³-hybridized carbons (Fsp3) is 0.750. The first kappa shape index (κ1) is 12.5. The van der Waals surface area contributed by atoms with E-state index >= 15 is 0 Å². The van der Waals surface area contributed by atoms with Crippen LogP contribution in [-0.2, 0) is 0 Å². The first-order valence-electron chi connectivity index (χ1n) is 4.63. The Hall–Kier alpha value is -1.46. The molecule has 0 unspecified atom stereocenters. The lowest BCUT2D eigenvalue weighted by atomic mass is 10.1. The van der Waals surface area contributed by atoms with Gasteiger partial charge in [0.1, 0.15) is 11.7 Å². The molecule has 0 aromatic carbocycles. The van der Waals surface area contributed by atoms with E-state index in [1.165, 1.54) is 0 Å². The van der Waals surface area contributed by atoms with Crippen molar-refractivity contribution in [1.82, 2.24) is 0 Å². The van der Waals surface area contributed by atoms with E-state index in [1.54, 1.807) is 0 Å². The highest BCUT2D eigenvalue weighted by atomic mass is 16.4. The smallest absolute Gasteiger partial charge is 0.139 e. The van der Waals surface area contributed by atoms with Crippen LogP contribution in [0, 0.1) is 0 Å². The fourth-order valence-electron chi connectivity index (χ4n) is 1.07. The van der Waals surface area contributed by atoms with Crippen molar-refractivity contribution in [2.75, 3.05) is 0 Å². The van der Waals surface area contributed by atoms with Gasteiger partial charge >= 0.3 is 0 Å². The van der Waals surface area contributed by atoms with Gasteiger partial charge in [0.2, 0.25) is 0 Å². The van der Waals surface area contributed by atoms with Crippen molar-refractivity contribution in [1.29, 1.82) is 0 Å². The van der Waals surface area contributed by atoms with Gasteiger partial charge in [0.15, 0.2) is 0 Å². The number of oxime groups is 2. The summed E-state index contributed by atoms with van der Waals surface area (Å²) in [6, 6.07) is 0. The molecule has 0 rings (SSSR count). The van der Waals surface area contributed by atoms with Crippen LogP contribution in [0.15, 0.2) is 10.3 Å². The number of unbranched alkanes of at least 4 members (excludes halogenated alkanes) is 3. The molecule has 0 aliphatic rings. The molecule has 6 N–H and O–H groups in total. The monoisotopic (exact) mass is 202 g/mol. The van der Waals surface area contributed by atoms with Crippen molar-refractivity contribution in [3.63, 3.8) is 0 Å². The molecule has 0 saturated carbocycles. The van der Waals surface area contributed by atoms with Gasteiger partial charge in [-0.3, -0.25) is 0 Å². The van der Waals surface area contributed by atoms with E-state index in [9.17, 15) is 0 Å². The van der Waals surface area contributed by atoms with Crippen LogP contribution in [0.2, 0.25) is 0 Å². The third kappa shape index (κ3) is 7.20. The van der Waals surface area contributed by atoms with Crippen LogP contribution in [0.3, 0.4) is 0 Å². The minimum absolute atomic E-state index is 0.265. The van der Waals surface area contributed by atoms with E-state index in [4.69, 9.17) is 21.9 Å². The predicted molar refractivity (Wildman–Crippen MR) is 54.5 cm³/mol. The van der Waals surface area contributed by atoms with Crippen LogP contribution in [0.5, 0.6) is 0 Å². The van der Waals surface area contributed by atoms with Crippen molar-refractivity contribution < 1.29 is 10.4 Å². The maximum Gasteiger partial charge on any atom is 0.139 e. The molecule has 0 bridgehead atoms. The van der Waals surface area contributed by atoms with Crippen LogP contribution < -0.4 is 11.5 Å². The quantitative estimate of drug-likeness (QED) is 0.161. The molecular formula is C8H18N4O2. The number of nitrogens with two attached hydrogens (primary N) is 2. The van der Waals surface area contributed by atoms with E-state index in [2.05, 4.69) is 10.3 Å². The molecule has 82 valence electrons. The number of nitrogens with zero attached hydrogens (tertiary/aromatic N) is 2. The molecule has 0 spiro atoms. The summed E-state index contributed by atoms with van der Waals surface area (Å²) in [4.78, 5) is 0. The van der Waals surface area contributed by atoms with Crippen LogP contribution in [0.4, 0.5) is 0 Å². The Balaban J connectivity index is 3.22. The largest absolute Gasteiger partial charge is 0.409 e. The number of amidine groups is 2. The van der Waals surface area contributed by atoms with Gasteiger partial charge in [-0.15, -0.1) is 0 Å². The molecule has 0 aromatic heterocycles. The highest BCUT2D eigenvalue weighted by Crippen LogP contribution is 2.05. The van der Waals surface area contributed by atoms with Crippen molar-refractivity contribution in [3.8, 4) is 0 Å². The van der Waals surface area contributed by atoms with E-state index < -0.39 is 0 Å². The lowest BCUT2D eigenvalue weighted by Crippen LogP contribution is -2.11. The maximum atomic E-state index is 8.25. The second-order valence-electron chi connectivity index (χ2n) is 3.10. The third-order valence-corrected chi connectivity index (χ3v) is 1.87. The standard InChI is InChI=1S/C8H18N4O2/c9-7(11-13)5-3-1-2-4-6-8(10)12-14/h13-14H,1-6H2,(H2,9,11)(H2,10,12). The molecule has 6 nitrogen and oxygen atoms in total. The van der Waals surface area contributed by atoms with Crippen molar-refractivity contribution in [3.05, 3.63) is 0 Å². The maximum absolute atomic E-state index is 8.25. The number of rotatable bonds is 7. The molecule has 0 aliphatic carbocycles. The summed E-state index contributed by atoms with van der Waals surface area (Å²) in [5.41, 5.74) is 10.6. The third-order valence-electron chi connectivity index (χ3n) is 1.87. The lowest BCUT2D eigenvalue weighted by Gasteiger charge is -2.00. The molecule has 6 heteroatoms. The predicted octanol–water partition coefficient (Wildman–Crippen LogP) is 0.820. The highest BCUT2D eigenvalue weighted by Gasteiger charge is 1.96. The fourth-order valence-corrected chi connectivity index (χ4v) is 1.07. The average Bonchev–Trinajstić information content (AvgIpc) is 2.22. The summed E-state index contributed by atoms with van der Waals surface area (Å²) in [6.07, 6.45) is 5.00. The van der Waals surface area contributed by atoms with E-state index in [0.29, 0.717) is 12.8 Å². The van der Waals surface area contributed by atoms with E-state index in [0.717, 1.165) is 25.7 Å². The minimum Gasteiger partial charge on any atom is -0.409 e. The molecule has 0 aliphatic heterocycles. The van der Waals surface area contributed by atoms with Gasteiger partial charge in [-0.05, 0) is 12.8 Å². The molecule has 14 heavy (non-hydrogen) atoms. The van der Waals surface area contributed by atoms with Crippen molar-refractivity contribution in [2.24, 2.45) is 21.8 Å². The number of hydrogen-bond acceptors (Lipinski definition) is 4. The van der Waals surface area contributed by atoms with Gasteiger partial charge in [0.25, 0.3) is 0 Å². The molecule has 0 heterocycles. The van der Waals surface area contributed by atoms with Crippen LogP contribution in [0.1, 0.15) is 38.5 Å². The second-order valence-corrected chi connectivity index (χ2v) is 3.10. The summed E-state index contributed by atoms with van der Waals surface area (Å²) in [5, 5.41) is 22.2. The van der Waals surface area contributed by atoms with Crippen LogP contribution >= 0.6 is 0 Å². The zero-order valence-electron chi connectivity index (χ0n) is 8.19. The van der Waals surface area contributed by atoms with Gasteiger partial charge in [0, 0.05) is 12.8 Å². The topological polar surface area (TPSA) is 117 Å². The van der Waals surface area contributed by atoms with Crippen molar-refractivity contribution in [2.45, 2.75) is 38.5 Å². The van der Waals surface area contributed by atoms with Crippen LogP contribution in [0.25, 0.3) is 0 Å². The zero-order chi connectivity index (χ0) is 10.8.